The average Bonchev–Trinajstić information content (AvgIpc) is 3.21. The topological polar surface area (TPSA) is 76.6 Å². The van der Waals surface area contributed by atoms with Gasteiger partial charge in [0.15, 0.2) is 11.5 Å². The van der Waals surface area contributed by atoms with Gasteiger partial charge in [0.05, 0.1) is 5.56 Å². The van der Waals surface area contributed by atoms with E-state index in [2.05, 4.69) is 20.2 Å². The molecule has 1 aromatic carbocycles. The van der Waals surface area contributed by atoms with Crippen molar-refractivity contribution in [3.8, 4) is 11.5 Å². The number of carbonyl (C=O) groups is 1. The number of pyridine rings is 2. The Bertz CT molecular complexity index is 961. The lowest BCUT2D eigenvalue weighted by Crippen LogP contribution is -2.21. The molecule has 3 heterocycles. The Kier molecular flexibility index (Phi) is 5.05. The Morgan fingerprint density at radius 2 is 1.93 bits per heavy atom. The van der Waals surface area contributed by atoms with Crippen molar-refractivity contribution in [1.29, 1.82) is 0 Å². The number of amides is 1. The Hall–Kier alpha value is -3.61. The Labute approximate surface area is 163 Å². The fourth-order valence-electron chi connectivity index (χ4n) is 2.88. The van der Waals surface area contributed by atoms with Crippen LogP contribution in [0.15, 0.2) is 61.1 Å². The summed E-state index contributed by atoms with van der Waals surface area (Å²) in [6.07, 6.45) is 6.07. The monoisotopic (exact) mass is 376 g/mol. The summed E-state index contributed by atoms with van der Waals surface area (Å²) in [4.78, 5) is 23.0. The molecule has 0 fully saturated rings. The van der Waals surface area contributed by atoms with Crippen LogP contribution in [-0.4, -0.2) is 36.3 Å². The van der Waals surface area contributed by atoms with Gasteiger partial charge in [-0.05, 0) is 48.4 Å². The number of carbonyl (C=O) groups excluding carboxylic acids is 1. The van der Waals surface area contributed by atoms with E-state index in [1.165, 1.54) is 5.56 Å². The van der Waals surface area contributed by atoms with Crippen LogP contribution in [-0.2, 0) is 6.42 Å². The van der Waals surface area contributed by atoms with E-state index in [1.54, 1.807) is 42.9 Å². The Morgan fingerprint density at radius 1 is 1.11 bits per heavy atom. The van der Waals surface area contributed by atoms with Crippen molar-refractivity contribution in [3.63, 3.8) is 0 Å². The molecule has 7 heteroatoms. The maximum absolute atomic E-state index is 12.5. The van der Waals surface area contributed by atoms with Crippen molar-refractivity contribution >= 4 is 17.4 Å². The summed E-state index contributed by atoms with van der Waals surface area (Å²) in [7, 11) is 1.98. The van der Waals surface area contributed by atoms with Gasteiger partial charge in [0.2, 0.25) is 6.79 Å². The van der Waals surface area contributed by atoms with Crippen molar-refractivity contribution in [1.82, 2.24) is 9.97 Å². The zero-order valence-electron chi connectivity index (χ0n) is 15.5. The van der Waals surface area contributed by atoms with Crippen LogP contribution in [0.1, 0.15) is 15.9 Å². The van der Waals surface area contributed by atoms with Gasteiger partial charge in [-0.1, -0.05) is 0 Å². The van der Waals surface area contributed by atoms with E-state index >= 15 is 0 Å². The number of likely N-dealkylation sites (N-methyl/N-ethyl adjacent to an activating group) is 1. The number of anilines is 2. The maximum atomic E-state index is 12.5. The molecule has 4 rings (SSSR count). The van der Waals surface area contributed by atoms with Crippen molar-refractivity contribution in [2.75, 3.05) is 30.6 Å². The highest BCUT2D eigenvalue weighted by atomic mass is 16.7. The first-order valence-electron chi connectivity index (χ1n) is 8.96. The van der Waals surface area contributed by atoms with Gasteiger partial charge in [-0.3, -0.25) is 9.78 Å². The van der Waals surface area contributed by atoms with Crippen LogP contribution < -0.4 is 19.7 Å². The van der Waals surface area contributed by atoms with Crippen molar-refractivity contribution < 1.29 is 14.3 Å². The number of benzene rings is 1. The molecule has 0 bridgehead atoms. The largest absolute Gasteiger partial charge is 0.454 e. The molecule has 0 saturated heterocycles. The number of ether oxygens (including phenoxy) is 2. The molecular formula is C21H20N4O3. The normalized spacial score (nSPS) is 11.9. The van der Waals surface area contributed by atoms with Gasteiger partial charge in [0, 0.05) is 43.9 Å². The Morgan fingerprint density at radius 3 is 2.71 bits per heavy atom. The molecule has 1 aliphatic rings. The van der Waals surface area contributed by atoms with Crippen LogP contribution in [0, 0.1) is 0 Å². The van der Waals surface area contributed by atoms with Gasteiger partial charge >= 0.3 is 0 Å². The summed E-state index contributed by atoms with van der Waals surface area (Å²) in [5.41, 5.74) is 2.36. The first-order valence-corrected chi connectivity index (χ1v) is 8.96. The third-order valence-corrected chi connectivity index (χ3v) is 4.52. The molecule has 1 amide bonds. The third-order valence-electron chi connectivity index (χ3n) is 4.52. The van der Waals surface area contributed by atoms with E-state index < -0.39 is 0 Å². The first-order chi connectivity index (χ1) is 13.7. The summed E-state index contributed by atoms with van der Waals surface area (Å²) in [5.74, 6) is 1.90. The minimum absolute atomic E-state index is 0.201. The molecule has 0 aliphatic carbocycles. The Balaban J connectivity index is 1.36. The van der Waals surface area contributed by atoms with E-state index in [-0.39, 0.29) is 12.7 Å². The second kappa shape index (κ2) is 7.96. The van der Waals surface area contributed by atoms with E-state index in [0.29, 0.717) is 22.7 Å². The lowest BCUT2D eigenvalue weighted by atomic mass is 10.2. The van der Waals surface area contributed by atoms with Gasteiger partial charge < -0.3 is 19.7 Å². The smallest absolute Gasteiger partial charge is 0.257 e. The maximum Gasteiger partial charge on any atom is 0.257 e. The lowest BCUT2D eigenvalue weighted by Gasteiger charge is -2.18. The molecule has 0 radical (unpaired) electrons. The standard InChI is InChI=1S/C21H20N4O3/c1-25(11-8-15-6-9-22-10-7-15)20-5-2-16(13-23-20)21(26)24-17-3-4-18-19(12-17)28-14-27-18/h2-7,9-10,12-13H,8,11,14H2,1H3,(H,24,26). The summed E-state index contributed by atoms with van der Waals surface area (Å²) in [6, 6.07) is 12.9. The minimum atomic E-state index is -0.225. The molecule has 3 aromatic rings. The van der Waals surface area contributed by atoms with Gasteiger partial charge in [-0.25, -0.2) is 4.98 Å². The molecule has 7 nitrogen and oxygen atoms in total. The number of fused-ring (bicyclic) bond motifs is 1. The predicted molar refractivity (Wildman–Crippen MR) is 106 cm³/mol. The van der Waals surface area contributed by atoms with E-state index in [9.17, 15) is 4.79 Å². The molecule has 1 aliphatic heterocycles. The van der Waals surface area contributed by atoms with Crippen LogP contribution >= 0.6 is 0 Å². The number of aromatic nitrogens is 2. The van der Waals surface area contributed by atoms with Crippen LogP contribution in [0.4, 0.5) is 11.5 Å². The summed E-state index contributed by atoms with van der Waals surface area (Å²) < 4.78 is 10.6. The SMILES string of the molecule is CN(CCc1ccncc1)c1ccc(C(=O)Nc2ccc3c(c2)OCO3)cn1. The molecule has 2 aromatic heterocycles. The molecule has 0 spiro atoms. The number of hydrogen-bond donors (Lipinski definition) is 1. The van der Waals surface area contributed by atoms with Crippen LogP contribution in [0.2, 0.25) is 0 Å². The fraction of sp³-hybridized carbons (Fsp3) is 0.190. The molecule has 0 unspecified atom stereocenters. The summed E-state index contributed by atoms with van der Waals surface area (Å²) in [5, 5.41) is 2.85. The highest BCUT2D eigenvalue weighted by Gasteiger charge is 2.15. The molecular weight excluding hydrogens is 356 g/mol. The van der Waals surface area contributed by atoms with Gasteiger partial charge in [-0.2, -0.15) is 0 Å². The highest BCUT2D eigenvalue weighted by Crippen LogP contribution is 2.34. The quantitative estimate of drug-likeness (QED) is 0.712. The van der Waals surface area contributed by atoms with Crippen LogP contribution in [0.25, 0.3) is 0 Å². The number of rotatable bonds is 6. The van der Waals surface area contributed by atoms with Crippen LogP contribution in [0.5, 0.6) is 11.5 Å². The third kappa shape index (κ3) is 4.03. The zero-order valence-corrected chi connectivity index (χ0v) is 15.5. The zero-order chi connectivity index (χ0) is 19.3. The second-order valence-corrected chi connectivity index (χ2v) is 6.45. The van der Waals surface area contributed by atoms with Crippen molar-refractivity contribution in [3.05, 3.63) is 72.2 Å². The fourth-order valence-corrected chi connectivity index (χ4v) is 2.88. The average molecular weight is 376 g/mol. The number of nitrogens with one attached hydrogen (secondary N) is 1. The lowest BCUT2D eigenvalue weighted by molar-refractivity contribution is 0.102. The molecule has 142 valence electrons. The predicted octanol–water partition coefficient (Wildman–Crippen LogP) is 3.14. The number of hydrogen-bond acceptors (Lipinski definition) is 6. The molecule has 0 atom stereocenters. The highest BCUT2D eigenvalue weighted by molar-refractivity contribution is 6.04. The van der Waals surface area contributed by atoms with Crippen molar-refractivity contribution in [2.24, 2.45) is 0 Å². The molecule has 0 saturated carbocycles. The van der Waals surface area contributed by atoms with E-state index in [0.717, 1.165) is 18.8 Å². The molecule has 1 N–H and O–H groups in total. The second-order valence-electron chi connectivity index (χ2n) is 6.45. The van der Waals surface area contributed by atoms with Gasteiger partial charge in [0.1, 0.15) is 5.82 Å². The van der Waals surface area contributed by atoms with E-state index in [1.807, 2.05) is 25.2 Å². The van der Waals surface area contributed by atoms with Crippen LogP contribution in [0.3, 0.4) is 0 Å². The van der Waals surface area contributed by atoms with Gasteiger partial charge in [-0.15, -0.1) is 0 Å². The van der Waals surface area contributed by atoms with Crippen molar-refractivity contribution in [2.45, 2.75) is 6.42 Å². The summed E-state index contributed by atoms with van der Waals surface area (Å²) >= 11 is 0. The molecule has 28 heavy (non-hydrogen) atoms. The van der Waals surface area contributed by atoms with E-state index in [4.69, 9.17) is 9.47 Å². The summed E-state index contributed by atoms with van der Waals surface area (Å²) in [6.45, 7) is 1.02. The van der Waals surface area contributed by atoms with Gasteiger partial charge in [0.25, 0.3) is 5.91 Å². The minimum Gasteiger partial charge on any atom is -0.454 e. The number of nitrogens with zero attached hydrogens (tertiary/aromatic N) is 3. The first kappa shape index (κ1) is 17.8.